The zero-order valence-electron chi connectivity index (χ0n) is 21.9. The summed E-state index contributed by atoms with van der Waals surface area (Å²) < 4.78 is 15.9. The van der Waals surface area contributed by atoms with Crippen LogP contribution in [0.15, 0.2) is 48.7 Å². The number of fused-ring (bicyclic) bond motifs is 1. The lowest BCUT2D eigenvalue weighted by Crippen LogP contribution is -2.45. The maximum atomic E-state index is 13.6. The number of hydrogen-bond donors (Lipinski definition) is 1. The molecule has 36 heavy (non-hydrogen) atoms. The molecule has 0 bridgehead atoms. The second-order valence-corrected chi connectivity index (χ2v) is 9.22. The Morgan fingerprint density at radius 2 is 1.69 bits per heavy atom. The van der Waals surface area contributed by atoms with Crippen LogP contribution in [0.25, 0.3) is 10.9 Å². The van der Waals surface area contributed by atoms with Gasteiger partial charge in [0, 0.05) is 43.8 Å². The number of benzene rings is 2. The van der Waals surface area contributed by atoms with Gasteiger partial charge in [-0.05, 0) is 41.7 Å². The molecule has 0 aliphatic carbocycles. The van der Waals surface area contributed by atoms with Crippen molar-refractivity contribution in [2.45, 2.75) is 26.8 Å². The topological polar surface area (TPSA) is 84.1 Å². The van der Waals surface area contributed by atoms with Crippen molar-refractivity contribution >= 4 is 22.7 Å². The van der Waals surface area contributed by atoms with Gasteiger partial charge in [-0.3, -0.25) is 9.59 Å². The molecule has 1 aromatic heterocycles. The average molecular weight is 496 g/mol. The molecule has 1 heterocycles. The molecule has 1 N–H and O–H groups in total. The summed E-state index contributed by atoms with van der Waals surface area (Å²) in [7, 11) is 4.67. The Morgan fingerprint density at radius 1 is 0.944 bits per heavy atom. The van der Waals surface area contributed by atoms with Gasteiger partial charge < -0.3 is 29.0 Å². The van der Waals surface area contributed by atoms with Crippen LogP contribution in [0.4, 0.5) is 0 Å². The van der Waals surface area contributed by atoms with E-state index in [1.165, 1.54) is 7.11 Å². The maximum Gasteiger partial charge on any atom is 0.249 e. The van der Waals surface area contributed by atoms with Crippen LogP contribution in [-0.2, 0) is 27.3 Å². The van der Waals surface area contributed by atoms with E-state index in [0.717, 1.165) is 22.0 Å². The number of carbonyl (C=O) groups is 2. The summed E-state index contributed by atoms with van der Waals surface area (Å²) in [4.78, 5) is 32.9. The van der Waals surface area contributed by atoms with E-state index in [1.54, 1.807) is 24.0 Å². The van der Waals surface area contributed by atoms with Crippen molar-refractivity contribution in [3.8, 4) is 11.5 Å². The monoisotopic (exact) mass is 495 g/mol. The lowest BCUT2D eigenvalue weighted by molar-refractivity contribution is -0.143. The van der Waals surface area contributed by atoms with Crippen molar-refractivity contribution in [1.82, 2.24) is 14.8 Å². The molecular formula is C28H37N3O5. The molecule has 3 aromatic rings. The Hall–Kier alpha value is -3.52. The summed E-state index contributed by atoms with van der Waals surface area (Å²) in [6, 6.07) is 13.8. The third-order valence-corrected chi connectivity index (χ3v) is 6.03. The lowest BCUT2D eigenvalue weighted by Gasteiger charge is -2.29. The SMILES string of the molecule is COCC(=O)N(CC(=O)N(CCc1c[nH]c2ccccc12)Cc1ccc(OC)c(OC)c1)CC(C)C. The molecule has 0 fully saturated rings. The predicted molar refractivity (Wildman–Crippen MR) is 140 cm³/mol. The van der Waals surface area contributed by atoms with Gasteiger partial charge in [0.05, 0.1) is 20.8 Å². The fraction of sp³-hybridized carbons (Fsp3) is 0.429. The number of aromatic nitrogens is 1. The third kappa shape index (κ3) is 7.01. The van der Waals surface area contributed by atoms with E-state index in [9.17, 15) is 9.59 Å². The molecule has 0 unspecified atom stereocenters. The Morgan fingerprint density at radius 3 is 2.39 bits per heavy atom. The highest BCUT2D eigenvalue weighted by molar-refractivity contribution is 5.86. The second kappa shape index (κ2) is 13.0. The standard InChI is InChI=1S/C28H37N3O5/c1-20(2)16-31(28(33)19-34-3)18-27(32)30(17-21-10-11-25(35-4)26(14-21)36-5)13-12-22-15-29-24-9-7-6-8-23(22)24/h6-11,14-15,20,29H,12-13,16-19H2,1-5H3. The van der Waals surface area contributed by atoms with Crippen molar-refractivity contribution in [1.29, 1.82) is 0 Å². The molecule has 3 rings (SSSR count). The average Bonchev–Trinajstić information content (AvgIpc) is 3.28. The van der Waals surface area contributed by atoms with Gasteiger partial charge in [0.25, 0.3) is 0 Å². The first-order valence-electron chi connectivity index (χ1n) is 12.2. The van der Waals surface area contributed by atoms with Crippen molar-refractivity contribution in [3.05, 3.63) is 59.8 Å². The summed E-state index contributed by atoms with van der Waals surface area (Å²) in [5.74, 6) is 1.16. The minimum absolute atomic E-state index is 0.00154. The Bertz CT molecular complexity index is 1160. The zero-order chi connectivity index (χ0) is 26.1. The molecule has 8 heteroatoms. The van der Waals surface area contributed by atoms with E-state index in [4.69, 9.17) is 14.2 Å². The number of H-pyrrole nitrogens is 1. The number of ether oxygens (including phenoxy) is 3. The maximum absolute atomic E-state index is 13.6. The van der Waals surface area contributed by atoms with Crippen LogP contribution >= 0.6 is 0 Å². The number of aromatic amines is 1. The normalized spacial score (nSPS) is 11.1. The molecule has 0 atom stereocenters. The van der Waals surface area contributed by atoms with Crippen LogP contribution in [0, 0.1) is 5.92 Å². The number of para-hydroxylation sites is 1. The third-order valence-electron chi connectivity index (χ3n) is 6.03. The molecule has 2 amide bonds. The molecular weight excluding hydrogens is 458 g/mol. The summed E-state index contributed by atoms with van der Waals surface area (Å²) >= 11 is 0. The van der Waals surface area contributed by atoms with Crippen LogP contribution in [0.1, 0.15) is 25.0 Å². The number of nitrogens with one attached hydrogen (secondary N) is 1. The fourth-order valence-electron chi connectivity index (χ4n) is 4.26. The molecule has 2 aromatic carbocycles. The first kappa shape index (κ1) is 27.1. The Kier molecular flexibility index (Phi) is 9.76. The van der Waals surface area contributed by atoms with Crippen molar-refractivity contribution < 1.29 is 23.8 Å². The van der Waals surface area contributed by atoms with E-state index < -0.39 is 0 Å². The van der Waals surface area contributed by atoms with Crippen LogP contribution in [0.5, 0.6) is 11.5 Å². The number of hydrogen-bond acceptors (Lipinski definition) is 5. The lowest BCUT2D eigenvalue weighted by atomic mass is 10.1. The summed E-state index contributed by atoms with van der Waals surface area (Å²) in [6.45, 7) is 5.37. The van der Waals surface area contributed by atoms with Gasteiger partial charge in [0.1, 0.15) is 6.61 Å². The molecule has 194 valence electrons. The van der Waals surface area contributed by atoms with Crippen LogP contribution < -0.4 is 9.47 Å². The molecule has 0 aliphatic heterocycles. The first-order valence-corrected chi connectivity index (χ1v) is 12.2. The van der Waals surface area contributed by atoms with Gasteiger partial charge in [0.15, 0.2) is 11.5 Å². The van der Waals surface area contributed by atoms with Crippen LogP contribution in [0.3, 0.4) is 0 Å². The van der Waals surface area contributed by atoms with Crippen molar-refractivity contribution in [2.75, 3.05) is 47.6 Å². The minimum atomic E-state index is -0.192. The first-order chi connectivity index (χ1) is 17.4. The molecule has 0 radical (unpaired) electrons. The molecule has 0 aliphatic rings. The second-order valence-electron chi connectivity index (χ2n) is 9.22. The molecule has 0 saturated carbocycles. The summed E-state index contributed by atoms with van der Waals surface area (Å²) in [6.07, 6.45) is 2.68. The van der Waals surface area contributed by atoms with Gasteiger partial charge in [0.2, 0.25) is 11.8 Å². The molecule has 0 spiro atoms. The zero-order valence-corrected chi connectivity index (χ0v) is 21.9. The Labute approximate surface area is 213 Å². The van der Waals surface area contributed by atoms with Crippen molar-refractivity contribution in [2.24, 2.45) is 5.92 Å². The highest BCUT2D eigenvalue weighted by Crippen LogP contribution is 2.28. The van der Waals surface area contributed by atoms with Gasteiger partial charge in [-0.15, -0.1) is 0 Å². The van der Waals surface area contributed by atoms with Gasteiger partial charge in [-0.1, -0.05) is 38.1 Å². The highest BCUT2D eigenvalue weighted by atomic mass is 16.5. The van der Waals surface area contributed by atoms with Crippen LogP contribution in [-0.4, -0.2) is 74.2 Å². The smallest absolute Gasteiger partial charge is 0.249 e. The summed E-state index contributed by atoms with van der Waals surface area (Å²) in [5.41, 5.74) is 3.13. The minimum Gasteiger partial charge on any atom is -0.493 e. The highest BCUT2D eigenvalue weighted by Gasteiger charge is 2.23. The molecule has 0 saturated heterocycles. The van der Waals surface area contributed by atoms with E-state index in [1.807, 2.05) is 56.4 Å². The number of carbonyl (C=O) groups excluding carboxylic acids is 2. The number of methoxy groups -OCH3 is 3. The van der Waals surface area contributed by atoms with Gasteiger partial charge in [-0.2, -0.15) is 0 Å². The van der Waals surface area contributed by atoms with E-state index in [-0.39, 0.29) is 30.9 Å². The quantitative estimate of drug-likeness (QED) is 0.389. The van der Waals surface area contributed by atoms with E-state index in [2.05, 4.69) is 11.1 Å². The predicted octanol–water partition coefficient (Wildman–Crippen LogP) is 3.89. The number of nitrogens with zero attached hydrogens (tertiary/aromatic N) is 2. The van der Waals surface area contributed by atoms with Crippen LogP contribution in [0.2, 0.25) is 0 Å². The van der Waals surface area contributed by atoms with E-state index in [0.29, 0.717) is 37.6 Å². The van der Waals surface area contributed by atoms with Gasteiger partial charge >= 0.3 is 0 Å². The fourth-order valence-corrected chi connectivity index (χ4v) is 4.26. The largest absolute Gasteiger partial charge is 0.493 e. The molecule has 8 nitrogen and oxygen atoms in total. The Balaban J connectivity index is 1.83. The van der Waals surface area contributed by atoms with Crippen molar-refractivity contribution in [3.63, 3.8) is 0 Å². The number of amides is 2. The number of rotatable bonds is 13. The van der Waals surface area contributed by atoms with Gasteiger partial charge in [-0.25, -0.2) is 0 Å². The summed E-state index contributed by atoms with van der Waals surface area (Å²) in [5, 5.41) is 1.15. The van der Waals surface area contributed by atoms with E-state index >= 15 is 0 Å².